The van der Waals surface area contributed by atoms with Crippen LogP contribution in [0, 0.1) is 0 Å². The third kappa shape index (κ3) is 4.97. The van der Waals surface area contributed by atoms with Crippen molar-refractivity contribution in [1.82, 2.24) is 0 Å². The van der Waals surface area contributed by atoms with Crippen molar-refractivity contribution in [3.8, 4) is 0 Å². The van der Waals surface area contributed by atoms with Crippen molar-refractivity contribution in [2.75, 3.05) is 0 Å². The van der Waals surface area contributed by atoms with Crippen LogP contribution >= 0.6 is 0 Å². The van der Waals surface area contributed by atoms with Crippen molar-refractivity contribution < 1.29 is 13.2 Å². The molecule has 1 rings (SSSR count). The van der Waals surface area contributed by atoms with Crippen LogP contribution in [0.3, 0.4) is 0 Å². The summed E-state index contributed by atoms with van der Waals surface area (Å²) in [4.78, 5) is 0. The maximum absolute atomic E-state index is 12.4. The predicted octanol–water partition coefficient (Wildman–Crippen LogP) is 4.89. The topological polar surface area (TPSA) is 24.7 Å². The maximum atomic E-state index is 12.4. The van der Waals surface area contributed by atoms with Crippen LogP contribution in [0.25, 0.3) is 0 Å². The number of halogens is 3. The fourth-order valence-electron chi connectivity index (χ4n) is 1.34. The van der Waals surface area contributed by atoms with Crippen LogP contribution in [-0.2, 0) is 0 Å². The average molecular weight is 244 g/mol. The fraction of sp³-hybridized carbons (Fsp3) is 0.500. The van der Waals surface area contributed by atoms with E-state index in [1.54, 1.807) is 31.2 Å². The van der Waals surface area contributed by atoms with Gasteiger partial charge < -0.3 is 0 Å². The molecule has 0 aliphatic heterocycles. The highest BCUT2D eigenvalue weighted by Crippen LogP contribution is 2.33. The van der Waals surface area contributed by atoms with Crippen LogP contribution in [0.15, 0.2) is 40.6 Å². The molecule has 0 aliphatic carbocycles. The number of azo groups is 1. The summed E-state index contributed by atoms with van der Waals surface area (Å²) in [6.45, 7) is 3.14. The van der Waals surface area contributed by atoms with Gasteiger partial charge in [0.15, 0.2) is 0 Å². The van der Waals surface area contributed by atoms with E-state index < -0.39 is 18.1 Å². The van der Waals surface area contributed by atoms with Crippen molar-refractivity contribution in [3.63, 3.8) is 0 Å². The van der Waals surface area contributed by atoms with Crippen LogP contribution in [0.1, 0.15) is 26.7 Å². The lowest BCUT2D eigenvalue weighted by Gasteiger charge is -2.23. The van der Waals surface area contributed by atoms with Gasteiger partial charge in [0.25, 0.3) is 0 Å². The first-order valence-corrected chi connectivity index (χ1v) is 5.39. The number of benzene rings is 1. The third-order valence-electron chi connectivity index (χ3n) is 2.51. The lowest BCUT2D eigenvalue weighted by atomic mass is 9.96. The number of alkyl halides is 3. The van der Waals surface area contributed by atoms with Crippen LogP contribution in [-0.4, -0.2) is 11.7 Å². The van der Waals surface area contributed by atoms with Gasteiger partial charge in [0.05, 0.1) is 17.6 Å². The van der Waals surface area contributed by atoms with E-state index in [1.807, 2.05) is 6.07 Å². The normalized spacial score (nSPS) is 16.1. The molecule has 0 bridgehead atoms. The second kappa shape index (κ2) is 5.29. The molecule has 1 aromatic carbocycles. The fourth-order valence-corrected chi connectivity index (χ4v) is 1.34. The van der Waals surface area contributed by atoms with Gasteiger partial charge in [0.2, 0.25) is 0 Å². The molecule has 0 heterocycles. The Kier molecular flexibility index (Phi) is 4.26. The molecule has 1 unspecified atom stereocenters. The van der Waals surface area contributed by atoms with Crippen molar-refractivity contribution in [2.45, 2.75) is 38.4 Å². The van der Waals surface area contributed by atoms with Gasteiger partial charge in [-0.1, -0.05) is 25.1 Å². The van der Waals surface area contributed by atoms with Crippen molar-refractivity contribution in [1.29, 1.82) is 0 Å². The Hall–Kier alpha value is -1.39. The first kappa shape index (κ1) is 13.7. The lowest BCUT2D eigenvalue weighted by molar-refractivity contribution is -0.146. The van der Waals surface area contributed by atoms with E-state index in [-0.39, 0.29) is 0 Å². The Bertz CT molecular complexity index is 373. The van der Waals surface area contributed by atoms with E-state index in [0.29, 0.717) is 12.1 Å². The van der Waals surface area contributed by atoms with E-state index >= 15 is 0 Å². The largest absolute Gasteiger partial charge is 0.391 e. The molecular weight excluding hydrogens is 229 g/mol. The SMILES string of the molecule is CCC(C)(CC(F)(F)F)N=Nc1ccccc1. The first-order chi connectivity index (χ1) is 7.85. The molecule has 0 N–H and O–H groups in total. The summed E-state index contributed by atoms with van der Waals surface area (Å²) in [7, 11) is 0. The van der Waals surface area contributed by atoms with Gasteiger partial charge in [-0.05, 0) is 25.5 Å². The summed E-state index contributed by atoms with van der Waals surface area (Å²) in [6, 6.07) is 8.75. The van der Waals surface area contributed by atoms with E-state index in [9.17, 15) is 13.2 Å². The molecular formula is C12H15F3N2. The summed E-state index contributed by atoms with van der Waals surface area (Å²) >= 11 is 0. The van der Waals surface area contributed by atoms with Gasteiger partial charge in [0.1, 0.15) is 0 Å². The standard InChI is InChI=1S/C12H15F3N2/c1-3-11(2,9-12(13,14)15)17-16-10-7-5-4-6-8-10/h4-8H,3,9H2,1-2H3. The molecule has 1 aromatic rings. The van der Waals surface area contributed by atoms with E-state index in [0.717, 1.165) is 0 Å². The minimum Gasteiger partial charge on any atom is -0.182 e. The predicted molar refractivity (Wildman–Crippen MR) is 60.3 cm³/mol. The molecule has 0 amide bonds. The Morgan fingerprint density at radius 3 is 2.18 bits per heavy atom. The van der Waals surface area contributed by atoms with E-state index in [2.05, 4.69) is 10.2 Å². The number of hydrogen-bond acceptors (Lipinski definition) is 2. The van der Waals surface area contributed by atoms with Gasteiger partial charge in [-0.25, -0.2) is 0 Å². The van der Waals surface area contributed by atoms with Crippen LogP contribution < -0.4 is 0 Å². The molecule has 0 saturated carbocycles. The maximum Gasteiger partial charge on any atom is 0.391 e. The number of rotatable bonds is 4. The Balaban J connectivity index is 2.79. The molecule has 0 fully saturated rings. The summed E-state index contributed by atoms with van der Waals surface area (Å²) in [5.41, 5.74) is -0.622. The number of nitrogens with zero attached hydrogens (tertiary/aromatic N) is 2. The van der Waals surface area contributed by atoms with E-state index in [1.165, 1.54) is 6.92 Å². The molecule has 2 nitrogen and oxygen atoms in total. The van der Waals surface area contributed by atoms with Crippen molar-refractivity contribution in [3.05, 3.63) is 30.3 Å². The molecule has 0 saturated heterocycles. The number of hydrogen-bond donors (Lipinski definition) is 0. The summed E-state index contributed by atoms with van der Waals surface area (Å²) in [6.07, 6.45) is -4.88. The highest BCUT2D eigenvalue weighted by molar-refractivity contribution is 5.34. The van der Waals surface area contributed by atoms with Crippen molar-refractivity contribution >= 4 is 5.69 Å². The highest BCUT2D eigenvalue weighted by atomic mass is 19.4. The lowest BCUT2D eigenvalue weighted by Crippen LogP contribution is -2.28. The van der Waals surface area contributed by atoms with Crippen LogP contribution in [0.5, 0.6) is 0 Å². The molecule has 0 radical (unpaired) electrons. The summed E-state index contributed by atoms with van der Waals surface area (Å²) in [5.74, 6) is 0. The molecule has 1 atom stereocenters. The molecule has 0 aliphatic rings. The van der Waals surface area contributed by atoms with Gasteiger partial charge in [0, 0.05) is 0 Å². The highest BCUT2D eigenvalue weighted by Gasteiger charge is 2.38. The minimum absolute atomic E-state index is 0.294. The molecule has 17 heavy (non-hydrogen) atoms. The average Bonchev–Trinajstić information content (AvgIpc) is 2.26. The van der Waals surface area contributed by atoms with Crippen LogP contribution in [0.4, 0.5) is 18.9 Å². The third-order valence-corrected chi connectivity index (χ3v) is 2.51. The van der Waals surface area contributed by atoms with Crippen LogP contribution in [0.2, 0.25) is 0 Å². The Morgan fingerprint density at radius 1 is 1.12 bits per heavy atom. The quantitative estimate of drug-likeness (QED) is 0.673. The zero-order valence-electron chi connectivity index (χ0n) is 9.83. The monoisotopic (exact) mass is 244 g/mol. The van der Waals surface area contributed by atoms with Gasteiger partial charge in [-0.3, -0.25) is 0 Å². The minimum atomic E-state index is -4.22. The zero-order valence-corrected chi connectivity index (χ0v) is 9.83. The Morgan fingerprint density at radius 2 is 1.71 bits per heavy atom. The summed E-state index contributed by atoms with van der Waals surface area (Å²) in [5, 5.41) is 7.69. The van der Waals surface area contributed by atoms with Gasteiger partial charge >= 0.3 is 6.18 Å². The zero-order chi connectivity index (χ0) is 12.9. The molecule has 0 spiro atoms. The first-order valence-electron chi connectivity index (χ1n) is 5.39. The molecule has 0 aromatic heterocycles. The van der Waals surface area contributed by atoms with E-state index in [4.69, 9.17) is 0 Å². The summed E-state index contributed by atoms with van der Waals surface area (Å²) < 4.78 is 37.1. The Labute approximate surface area is 98.6 Å². The van der Waals surface area contributed by atoms with Gasteiger partial charge in [-0.2, -0.15) is 23.4 Å². The smallest absolute Gasteiger partial charge is 0.182 e. The van der Waals surface area contributed by atoms with Crippen molar-refractivity contribution in [2.24, 2.45) is 10.2 Å². The second-order valence-electron chi connectivity index (χ2n) is 4.18. The molecule has 5 heteroatoms. The molecule has 94 valence electrons. The second-order valence-corrected chi connectivity index (χ2v) is 4.18. The van der Waals surface area contributed by atoms with Gasteiger partial charge in [-0.15, -0.1) is 0 Å².